The molecule has 0 aromatic carbocycles. The summed E-state index contributed by atoms with van der Waals surface area (Å²) in [4.78, 5) is 0. The summed E-state index contributed by atoms with van der Waals surface area (Å²) in [6.45, 7) is 2.35. The molecule has 2 fully saturated rings. The maximum atomic E-state index is 6.37. The van der Waals surface area contributed by atoms with Crippen molar-refractivity contribution in [2.75, 3.05) is 0 Å². The molecule has 2 aliphatic rings. The first kappa shape index (κ1) is 11.8. The molecule has 0 heterocycles. The third-order valence-electron chi connectivity index (χ3n) is 4.45. The van der Waals surface area contributed by atoms with Crippen molar-refractivity contribution in [2.45, 2.75) is 70.1 Å². The number of hydrogen-bond acceptors (Lipinski definition) is 0. The van der Waals surface area contributed by atoms with Gasteiger partial charge in [-0.1, -0.05) is 32.6 Å². The molecule has 0 N–H and O–H groups in total. The van der Waals surface area contributed by atoms with E-state index in [0.29, 0.717) is 5.38 Å². The van der Waals surface area contributed by atoms with Crippen LogP contribution in [0, 0.1) is 17.8 Å². The average Bonchev–Trinajstić information content (AvgIpc) is 3.10. The fraction of sp³-hybridized carbons (Fsp3) is 1.00. The van der Waals surface area contributed by atoms with Gasteiger partial charge in [0, 0.05) is 5.38 Å². The monoisotopic (exact) mass is 228 g/mol. The molecular weight excluding hydrogens is 204 g/mol. The maximum absolute atomic E-state index is 6.37. The Bertz CT molecular complexity index is 186. The lowest BCUT2D eigenvalue weighted by atomic mass is 9.78. The van der Waals surface area contributed by atoms with Gasteiger partial charge in [0.05, 0.1) is 0 Å². The van der Waals surface area contributed by atoms with Gasteiger partial charge in [-0.15, -0.1) is 11.6 Å². The first-order valence-corrected chi connectivity index (χ1v) is 7.37. The van der Waals surface area contributed by atoms with Gasteiger partial charge < -0.3 is 0 Å². The molecule has 0 bridgehead atoms. The molecule has 2 rings (SSSR count). The normalized spacial score (nSPS) is 34.0. The zero-order valence-electron chi connectivity index (χ0n) is 10.1. The van der Waals surface area contributed by atoms with Crippen LogP contribution in [0.1, 0.15) is 64.7 Å². The van der Waals surface area contributed by atoms with Gasteiger partial charge in [0.25, 0.3) is 0 Å². The Labute approximate surface area is 99.8 Å². The molecule has 2 aliphatic carbocycles. The van der Waals surface area contributed by atoms with E-state index in [9.17, 15) is 0 Å². The average molecular weight is 229 g/mol. The van der Waals surface area contributed by atoms with Gasteiger partial charge in [0.15, 0.2) is 0 Å². The topological polar surface area (TPSA) is 0 Å². The zero-order valence-corrected chi connectivity index (χ0v) is 10.8. The van der Waals surface area contributed by atoms with E-state index in [1.54, 1.807) is 0 Å². The van der Waals surface area contributed by atoms with Gasteiger partial charge in [-0.25, -0.2) is 0 Å². The minimum Gasteiger partial charge on any atom is -0.123 e. The summed E-state index contributed by atoms with van der Waals surface area (Å²) in [5, 5.41) is 0.506. The molecule has 0 saturated heterocycles. The summed E-state index contributed by atoms with van der Waals surface area (Å²) in [6.07, 6.45) is 12.8. The largest absolute Gasteiger partial charge is 0.123 e. The molecule has 0 spiro atoms. The van der Waals surface area contributed by atoms with E-state index in [4.69, 9.17) is 11.6 Å². The summed E-state index contributed by atoms with van der Waals surface area (Å²) in [5.74, 6) is 2.92. The van der Waals surface area contributed by atoms with E-state index in [1.165, 1.54) is 57.8 Å². The van der Waals surface area contributed by atoms with Crippen LogP contribution in [0.5, 0.6) is 0 Å². The predicted molar refractivity (Wildman–Crippen MR) is 67.3 cm³/mol. The molecular formula is C14H25Cl. The van der Waals surface area contributed by atoms with Crippen molar-refractivity contribution in [2.24, 2.45) is 17.8 Å². The molecule has 0 aliphatic heterocycles. The quantitative estimate of drug-likeness (QED) is 0.581. The van der Waals surface area contributed by atoms with Crippen molar-refractivity contribution in [1.82, 2.24) is 0 Å². The summed E-state index contributed by atoms with van der Waals surface area (Å²) in [6, 6.07) is 0. The molecule has 0 radical (unpaired) electrons. The molecule has 0 nitrogen and oxygen atoms in total. The van der Waals surface area contributed by atoms with Gasteiger partial charge in [-0.2, -0.15) is 0 Å². The molecule has 2 saturated carbocycles. The second-order valence-corrected chi connectivity index (χ2v) is 6.30. The van der Waals surface area contributed by atoms with Crippen LogP contribution < -0.4 is 0 Å². The van der Waals surface area contributed by atoms with Gasteiger partial charge >= 0.3 is 0 Å². The van der Waals surface area contributed by atoms with Crippen LogP contribution in [-0.4, -0.2) is 5.38 Å². The fourth-order valence-electron chi connectivity index (χ4n) is 3.12. The van der Waals surface area contributed by atoms with Gasteiger partial charge in [0.2, 0.25) is 0 Å². The number of rotatable bonds is 5. The van der Waals surface area contributed by atoms with E-state index in [-0.39, 0.29) is 0 Å². The SMILES string of the molecule is CCC1CCCC(CCC(Cl)C2CC2)C1. The van der Waals surface area contributed by atoms with E-state index in [0.717, 1.165) is 17.8 Å². The second kappa shape index (κ2) is 5.57. The summed E-state index contributed by atoms with van der Waals surface area (Å²) in [7, 11) is 0. The van der Waals surface area contributed by atoms with Crippen molar-refractivity contribution in [3.63, 3.8) is 0 Å². The zero-order chi connectivity index (χ0) is 10.7. The molecule has 88 valence electrons. The molecule has 0 aromatic rings. The van der Waals surface area contributed by atoms with Crippen molar-refractivity contribution >= 4 is 11.6 Å². The Kier molecular flexibility index (Phi) is 4.37. The van der Waals surface area contributed by atoms with Crippen LogP contribution in [0.25, 0.3) is 0 Å². The van der Waals surface area contributed by atoms with Gasteiger partial charge in [-0.3, -0.25) is 0 Å². The highest BCUT2D eigenvalue weighted by molar-refractivity contribution is 6.20. The van der Waals surface area contributed by atoms with E-state index < -0.39 is 0 Å². The van der Waals surface area contributed by atoms with Crippen LogP contribution in [0.3, 0.4) is 0 Å². The molecule has 15 heavy (non-hydrogen) atoms. The van der Waals surface area contributed by atoms with Crippen molar-refractivity contribution in [1.29, 1.82) is 0 Å². The standard InChI is InChI=1S/C14H25Cl/c1-2-11-4-3-5-12(10-11)6-9-14(15)13-7-8-13/h11-14H,2-10H2,1H3. The van der Waals surface area contributed by atoms with Gasteiger partial charge in [0.1, 0.15) is 0 Å². The van der Waals surface area contributed by atoms with E-state index >= 15 is 0 Å². The predicted octanol–water partition coefficient (Wildman–Crippen LogP) is 5.00. The third-order valence-corrected chi connectivity index (χ3v) is 5.03. The van der Waals surface area contributed by atoms with E-state index in [2.05, 4.69) is 6.92 Å². The fourth-order valence-corrected chi connectivity index (χ4v) is 3.50. The lowest BCUT2D eigenvalue weighted by Gasteiger charge is -2.28. The first-order valence-electron chi connectivity index (χ1n) is 6.93. The Morgan fingerprint density at radius 3 is 2.53 bits per heavy atom. The Balaban J connectivity index is 1.64. The summed E-state index contributed by atoms with van der Waals surface area (Å²) in [5.41, 5.74) is 0. The molecule has 1 heteroatoms. The van der Waals surface area contributed by atoms with Crippen LogP contribution in [0.15, 0.2) is 0 Å². The summed E-state index contributed by atoms with van der Waals surface area (Å²) < 4.78 is 0. The van der Waals surface area contributed by atoms with Crippen molar-refractivity contribution in [3.05, 3.63) is 0 Å². The highest BCUT2D eigenvalue weighted by atomic mass is 35.5. The Morgan fingerprint density at radius 1 is 1.13 bits per heavy atom. The lowest BCUT2D eigenvalue weighted by molar-refractivity contribution is 0.245. The lowest BCUT2D eigenvalue weighted by Crippen LogP contribution is -2.16. The number of alkyl halides is 1. The second-order valence-electron chi connectivity index (χ2n) is 5.74. The molecule has 3 unspecified atom stereocenters. The van der Waals surface area contributed by atoms with E-state index in [1.807, 2.05) is 0 Å². The maximum Gasteiger partial charge on any atom is 0.0364 e. The minimum absolute atomic E-state index is 0.506. The molecule has 0 aromatic heterocycles. The van der Waals surface area contributed by atoms with Crippen LogP contribution in [0.4, 0.5) is 0 Å². The van der Waals surface area contributed by atoms with Crippen LogP contribution in [0.2, 0.25) is 0 Å². The Morgan fingerprint density at radius 2 is 1.87 bits per heavy atom. The minimum atomic E-state index is 0.506. The molecule has 0 amide bonds. The van der Waals surface area contributed by atoms with Crippen molar-refractivity contribution in [3.8, 4) is 0 Å². The first-order chi connectivity index (χ1) is 7.29. The smallest absolute Gasteiger partial charge is 0.0364 e. The highest BCUT2D eigenvalue weighted by Gasteiger charge is 2.30. The van der Waals surface area contributed by atoms with Crippen LogP contribution in [-0.2, 0) is 0 Å². The third kappa shape index (κ3) is 3.66. The highest BCUT2D eigenvalue weighted by Crippen LogP contribution is 2.40. The number of hydrogen-bond donors (Lipinski definition) is 0. The van der Waals surface area contributed by atoms with Crippen LogP contribution >= 0.6 is 11.6 Å². The Hall–Kier alpha value is 0.290. The molecule has 3 atom stereocenters. The summed E-state index contributed by atoms with van der Waals surface area (Å²) >= 11 is 6.37. The van der Waals surface area contributed by atoms with Crippen molar-refractivity contribution < 1.29 is 0 Å². The van der Waals surface area contributed by atoms with Gasteiger partial charge in [-0.05, 0) is 49.9 Å². The number of halogens is 1.